The molecule has 0 bridgehead atoms. The summed E-state index contributed by atoms with van der Waals surface area (Å²) in [4.78, 5) is 20.1. The van der Waals surface area contributed by atoms with Crippen molar-refractivity contribution >= 4 is 11.7 Å². The van der Waals surface area contributed by atoms with Gasteiger partial charge in [0, 0.05) is 12.5 Å². The number of halogens is 4. The topological polar surface area (TPSA) is 80.4 Å². The maximum Gasteiger partial charge on any atom is 0.320 e. The van der Waals surface area contributed by atoms with Gasteiger partial charge in [0.25, 0.3) is 5.92 Å². The highest BCUT2D eigenvalue weighted by Gasteiger charge is 2.79. The first kappa shape index (κ1) is 13.2. The quantitative estimate of drug-likeness (QED) is 0.522. The minimum Gasteiger partial charge on any atom is -0.480 e. The molecule has 1 unspecified atom stereocenters. The van der Waals surface area contributed by atoms with Crippen LogP contribution < -0.4 is 0 Å². The van der Waals surface area contributed by atoms with Gasteiger partial charge >= 0.3 is 11.7 Å². The van der Waals surface area contributed by atoms with Gasteiger partial charge in [-0.1, -0.05) is 0 Å². The molecule has 1 fully saturated rings. The summed E-state index contributed by atoms with van der Waals surface area (Å²) in [6, 6.07) is 0.847. The zero-order chi connectivity index (χ0) is 14.6. The van der Waals surface area contributed by atoms with E-state index in [2.05, 4.69) is 0 Å². The number of benzene rings is 1. The molecule has 0 amide bonds. The second-order valence-electron chi connectivity index (χ2n) is 4.10. The van der Waals surface area contributed by atoms with E-state index in [9.17, 15) is 32.5 Å². The molecule has 0 aromatic heterocycles. The molecule has 1 aliphatic rings. The number of rotatable bonds is 3. The molecule has 1 N–H and O–H groups in total. The van der Waals surface area contributed by atoms with Crippen LogP contribution in [0.4, 0.5) is 23.2 Å². The molecular weight excluding hydrogens is 274 g/mol. The molecule has 1 atom stereocenters. The molecule has 1 aliphatic carbocycles. The van der Waals surface area contributed by atoms with E-state index in [-0.39, 0.29) is 0 Å². The fourth-order valence-electron chi connectivity index (χ4n) is 1.97. The van der Waals surface area contributed by atoms with Crippen LogP contribution in [0.25, 0.3) is 0 Å². The van der Waals surface area contributed by atoms with Gasteiger partial charge in [-0.3, -0.25) is 14.9 Å². The second kappa shape index (κ2) is 3.65. The van der Waals surface area contributed by atoms with E-state index in [1.807, 2.05) is 0 Å². The van der Waals surface area contributed by atoms with Crippen molar-refractivity contribution < 1.29 is 32.4 Å². The van der Waals surface area contributed by atoms with Crippen molar-refractivity contribution in [3.05, 3.63) is 39.4 Å². The SMILES string of the molecule is O=C(O)C1(c2c(F)ccc([N+](=O)[O-])c2F)CC1(F)F. The van der Waals surface area contributed by atoms with Crippen molar-refractivity contribution in [2.24, 2.45) is 0 Å². The van der Waals surface area contributed by atoms with E-state index in [4.69, 9.17) is 5.11 Å². The van der Waals surface area contributed by atoms with Crippen LogP contribution in [0.2, 0.25) is 0 Å². The Morgan fingerprint density at radius 2 is 1.89 bits per heavy atom. The molecule has 2 rings (SSSR count). The molecule has 19 heavy (non-hydrogen) atoms. The number of carbonyl (C=O) groups is 1. The van der Waals surface area contributed by atoms with Gasteiger partial charge in [-0.05, 0) is 6.07 Å². The zero-order valence-electron chi connectivity index (χ0n) is 8.99. The number of nitro groups is 1. The normalized spacial score (nSPS) is 24.0. The fourth-order valence-corrected chi connectivity index (χ4v) is 1.97. The van der Waals surface area contributed by atoms with Crippen LogP contribution in [0.1, 0.15) is 12.0 Å². The Morgan fingerprint density at radius 1 is 1.37 bits per heavy atom. The minimum absolute atomic E-state index is 0.398. The molecule has 0 aliphatic heterocycles. The number of carboxylic acid groups (broad SMARTS) is 1. The summed E-state index contributed by atoms with van der Waals surface area (Å²) < 4.78 is 53.6. The van der Waals surface area contributed by atoms with E-state index in [1.165, 1.54) is 0 Å². The van der Waals surface area contributed by atoms with Crippen molar-refractivity contribution in [2.75, 3.05) is 0 Å². The van der Waals surface area contributed by atoms with Crippen molar-refractivity contribution in [3.8, 4) is 0 Å². The van der Waals surface area contributed by atoms with E-state index >= 15 is 0 Å². The Hall–Kier alpha value is -2.19. The molecule has 0 radical (unpaired) electrons. The molecule has 1 aromatic carbocycles. The standard InChI is InChI=1S/C10H5F4NO4/c11-4-1-2-5(15(18)19)7(12)6(4)9(8(16)17)3-10(9,13)14/h1-2H,3H2,(H,16,17). The first-order valence-corrected chi connectivity index (χ1v) is 4.89. The van der Waals surface area contributed by atoms with Crippen LogP contribution in [0.15, 0.2) is 12.1 Å². The van der Waals surface area contributed by atoms with Crippen molar-refractivity contribution in [1.29, 1.82) is 0 Å². The summed E-state index contributed by atoms with van der Waals surface area (Å²) in [5.74, 6) is -9.42. The van der Waals surface area contributed by atoms with E-state index in [0.29, 0.717) is 12.1 Å². The van der Waals surface area contributed by atoms with Gasteiger partial charge in [0.05, 0.1) is 10.5 Å². The van der Waals surface area contributed by atoms with Crippen molar-refractivity contribution in [1.82, 2.24) is 0 Å². The summed E-state index contributed by atoms with van der Waals surface area (Å²) >= 11 is 0. The predicted molar refractivity (Wildman–Crippen MR) is 51.9 cm³/mol. The molecule has 0 heterocycles. The average Bonchev–Trinajstić information content (AvgIpc) is 2.82. The molecule has 1 saturated carbocycles. The van der Waals surface area contributed by atoms with E-state index in [1.54, 1.807) is 0 Å². The van der Waals surface area contributed by atoms with Gasteiger partial charge in [-0.25, -0.2) is 13.2 Å². The highest BCUT2D eigenvalue weighted by Crippen LogP contribution is 2.63. The predicted octanol–water partition coefficient (Wildman–Crippen LogP) is 2.23. The van der Waals surface area contributed by atoms with Gasteiger partial charge < -0.3 is 5.11 Å². The van der Waals surface area contributed by atoms with Crippen molar-refractivity contribution in [3.63, 3.8) is 0 Å². The molecule has 102 valence electrons. The number of hydrogen-bond acceptors (Lipinski definition) is 3. The smallest absolute Gasteiger partial charge is 0.320 e. The van der Waals surface area contributed by atoms with Crippen LogP contribution in [0.5, 0.6) is 0 Å². The van der Waals surface area contributed by atoms with Gasteiger partial charge in [-0.2, -0.15) is 4.39 Å². The van der Waals surface area contributed by atoms with Crippen LogP contribution in [-0.2, 0) is 10.2 Å². The number of alkyl halides is 2. The molecule has 0 spiro atoms. The number of hydrogen-bond donors (Lipinski definition) is 1. The summed E-state index contributed by atoms with van der Waals surface area (Å²) in [6.07, 6.45) is -1.30. The molecule has 0 saturated heterocycles. The van der Waals surface area contributed by atoms with Crippen LogP contribution >= 0.6 is 0 Å². The molecule has 1 aromatic rings. The maximum atomic E-state index is 13.7. The van der Waals surface area contributed by atoms with Gasteiger partial charge in [0.15, 0.2) is 5.41 Å². The Labute approximate surface area is 102 Å². The average molecular weight is 279 g/mol. The third-order valence-electron chi connectivity index (χ3n) is 3.05. The summed E-state index contributed by atoms with van der Waals surface area (Å²) in [5.41, 5.74) is -5.80. The minimum atomic E-state index is -3.85. The summed E-state index contributed by atoms with van der Waals surface area (Å²) in [7, 11) is 0. The monoisotopic (exact) mass is 279 g/mol. The lowest BCUT2D eigenvalue weighted by Gasteiger charge is -2.13. The molecule has 5 nitrogen and oxygen atoms in total. The first-order valence-electron chi connectivity index (χ1n) is 4.89. The lowest BCUT2D eigenvalue weighted by atomic mass is 9.93. The lowest BCUT2D eigenvalue weighted by Crippen LogP contribution is -2.29. The Kier molecular flexibility index (Phi) is 2.55. The van der Waals surface area contributed by atoms with Crippen LogP contribution in [0, 0.1) is 21.7 Å². The summed E-state index contributed by atoms with van der Waals surface area (Å²) in [5, 5.41) is 19.3. The van der Waals surface area contributed by atoms with Crippen molar-refractivity contribution in [2.45, 2.75) is 17.8 Å². The maximum absolute atomic E-state index is 13.7. The van der Waals surface area contributed by atoms with Gasteiger partial charge in [0.1, 0.15) is 5.82 Å². The van der Waals surface area contributed by atoms with E-state index < -0.39 is 51.5 Å². The fraction of sp³-hybridized carbons (Fsp3) is 0.300. The first-order chi connectivity index (χ1) is 8.65. The number of nitrogens with zero attached hydrogens (tertiary/aromatic N) is 1. The highest BCUT2D eigenvalue weighted by atomic mass is 19.3. The second-order valence-corrected chi connectivity index (χ2v) is 4.10. The molecular formula is C10H5F4NO4. The largest absolute Gasteiger partial charge is 0.480 e. The molecule has 9 heteroatoms. The Bertz CT molecular complexity index is 603. The number of carboxylic acids is 1. The Morgan fingerprint density at radius 3 is 2.26 bits per heavy atom. The Balaban J connectivity index is 2.73. The van der Waals surface area contributed by atoms with Gasteiger partial charge in [0.2, 0.25) is 5.82 Å². The number of aliphatic carboxylic acids is 1. The zero-order valence-corrected chi connectivity index (χ0v) is 8.99. The van der Waals surface area contributed by atoms with Crippen LogP contribution in [-0.4, -0.2) is 21.9 Å². The van der Waals surface area contributed by atoms with Gasteiger partial charge in [-0.15, -0.1) is 0 Å². The highest BCUT2D eigenvalue weighted by molar-refractivity contribution is 5.88. The van der Waals surface area contributed by atoms with Crippen LogP contribution in [0.3, 0.4) is 0 Å². The third-order valence-corrected chi connectivity index (χ3v) is 3.05. The number of nitro benzene ring substituents is 1. The third kappa shape index (κ3) is 1.57. The lowest BCUT2D eigenvalue weighted by molar-refractivity contribution is -0.387. The summed E-state index contributed by atoms with van der Waals surface area (Å²) in [6.45, 7) is 0. The van der Waals surface area contributed by atoms with E-state index in [0.717, 1.165) is 0 Å².